The predicted molar refractivity (Wildman–Crippen MR) is 64.5 cm³/mol. The maximum Gasteiger partial charge on any atom is 0.419 e. The van der Waals surface area contributed by atoms with Crippen LogP contribution in [0.25, 0.3) is 0 Å². The van der Waals surface area contributed by atoms with E-state index < -0.39 is 17.8 Å². The lowest BCUT2D eigenvalue weighted by molar-refractivity contribution is -0.139. The van der Waals surface area contributed by atoms with Crippen molar-refractivity contribution in [1.29, 1.82) is 5.26 Å². The van der Waals surface area contributed by atoms with Crippen LogP contribution in [-0.4, -0.2) is 12.1 Å². The lowest BCUT2D eigenvalue weighted by atomic mass is 10.0. The molecule has 0 fully saturated rings. The molecule has 2 unspecified atom stereocenters. The Labute approximate surface area is 109 Å². The molecule has 2 atom stereocenters. The highest BCUT2D eigenvalue weighted by atomic mass is 19.4. The minimum atomic E-state index is -4.53. The molecule has 1 aromatic carbocycles. The van der Waals surface area contributed by atoms with Gasteiger partial charge in [-0.25, -0.2) is 0 Å². The Balaban J connectivity index is 3.14. The number of benzene rings is 1. The second-order valence-electron chi connectivity index (χ2n) is 4.40. The first kappa shape index (κ1) is 15.3. The van der Waals surface area contributed by atoms with Gasteiger partial charge in [-0.3, -0.25) is 0 Å². The lowest BCUT2D eigenvalue weighted by Gasteiger charge is -2.17. The predicted octanol–water partition coefficient (Wildman–Crippen LogP) is 2.89. The van der Waals surface area contributed by atoms with Crippen LogP contribution in [-0.2, 0) is 12.6 Å². The maximum atomic E-state index is 12.9. The fourth-order valence-electron chi connectivity index (χ4n) is 1.62. The molecular formula is C13H15F3N2O. The van der Waals surface area contributed by atoms with Crippen LogP contribution in [0.15, 0.2) is 18.2 Å². The van der Waals surface area contributed by atoms with Crippen molar-refractivity contribution in [2.75, 3.05) is 0 Å². The number of ether oxygens (including phenoxy) is 1. The molecular weight excluding hydrogens is 257 g/mol. The van der Waals surface area contributed by atoms with Crippen LogP contribution >= 0.6 is 0 Å². The molecule has 1 rings (SSSR count). The van der Waals surface area contributed by atoms with E-state index in [2.05, 4.69) is 0 Å². The zero-order valence-electron chi connectivity index (χ0n) is 10.7. The number of nitrogens with two attached hydrogens (primary N) is 1. The smallest absolute Gasteiger partial charge is 0.419 e. The summed E-state index contributed by atoms with van der Waals surface area (Å²) in [5.41, 5.74) is 5.17. The Hall–Kier alpha value is -1.74. The van der Waals surface area contributed by atoms with Gasteiger partial charge in [-0.1, -0.05) is 6.07 Å². The molecule has 6 heteroatoms. The molecule has 104 valence electrons. The van der Waals surface area contributed by atoms with E-state index in [9.17, 15) is 13.2 Å². The SMILES string of the molecule is CC(N)Cc1ccc(OC(C)C#N)c(C(F)(F)F)c1. The zero-order chi connectivity index (χ0) is 14.6. The van der Waals surface area contributed by atoms with Gasteiger partial charge >= 0.3 is 6.18 Å². The fourth-order valence-corrected chi connectivity index (χ4v) is 1.62. The molecule has 0 saturated carbocycles. The van der Waals surface area contributed by atoms with Crippen molar-refractivity contribution < 1.29 is 17.9 Å². The van der Waals surface area contributed by atoms with Gasteiger partial charge in [0, 0.05) is 6.04 Å². The summed E-state index contributed by atoms with van der Waals surface area (Å²) in [5, 5.41) is 8.59. The Kier molecular flexibility index (Phi) is 4.78. The second-order valence-corrected chi connectivity index (χ2v) is 4.40. The average molecular weight is 272 g/mol. The number of rotatable bonds is 4. The van der Waals surface area contributed by atoms with Crippen molar-refractivity contribution in [2.45, 2.75) is 38.6 Å². The summed E-state index contributed by atoms with van der Waals surface area (Å²) in [5.74, 6) is -0.338. The van der Waals surface area contributed by atoms with Crippen LogP contribution in [0.4, 0.5) is 13.2 Å². The van der Waals surface area contributed by atoms with Crippen molar-refractivity contribution in [2.24, 2.45) is 5.73 Å². The van der Waals surface area contributed by atoms with Crippen molar-refractivity contribution in [3.05, 3.63) is 29.3 Å². The molecule has 0 aliphatic carbocycles. The van der Waals surface area contributed by atoms with Crippen LogP contribution < -0.4 is 10.5 Å². The minimum absolute atomic E-state index is 0.231. The molecule has 0 spiro atoms. The highest BCUT2D eigenvalue weighted by Crippen LogP contribution is 2.37. The normalized spacial score (nSPS) is 14.6. The monoisotopic (exact) mass is 272 g/mol. The molecule has 0 heterocycles. The summed E-state index contributed by atoms with van der Waals surface area (Å²) >= 11 is 0. The van der Waals surface area contributed by atoms with Gasteiger partial charge in [0.2, 0.25) is 0 Å². The van der Waals surface area contributed by atoms with Gasteiger partial charge in [-0.05, 0) is 38.0 Å². The average Bonchev–Trinajstić information content (AvgIpc) is 2.28. The molecule has 0 aromatic heterocycles. The largest absolute Gasteiger partial charge is 0.475 e. The lowest BCUT2D eigenvalue weighted by Crippen LogP contribution is -2.19. The molecule has 1 aromatic rings. The summed E-state index contributed by atoms with van der Waals surface area (Å²) in [6.45, 7) is 3.10. The van der Waals surface area contributed by atoms with Gasteiger partial charge in [0.15, 0.2) is 6.10 Å². The summed E-state index contributed by atoms with van der Waals surface area (Å²) in [6.07, 6.45) is -5.13. The van der Waals surface area contributed by atoms with Gasteiger partial charge in [0.1, 0.15) is 11.8 Å². The Morgan fingerprint density at radius 2 is 2.00 bits per heavy atom. The Bertz CT molecular complexity index is 478. The number of hydrogen-bond donors (Lipinski definition) is 1. The Morgan fingerprint density at radius 1 is 1.37 bits per heavy atom. The highest BCUT2D eigenvalue weighted by Gasteiger charge is 2.35. The number of hydrogen-bond acceptors (Lipinski definition) is 3. The molecule has 0 aliphatic rings. The third-order valence-corrected chi connectivity index (χ3v) is 2.39. The second kappa shape index (κ2) is 5.93. The molecule has 19 heavy (non-hydrogen) atoms. The van der Waals surface area contributed by atoms with Gasteiger partial charge in [0.25, 0.3) is 0 Å². The third kappa shape index (κ3) is 4.45. The van der Waals surface area contributed by atoms with Gasteiger partial charge in [-0.15, -0.1) is 0 Å². The standard InChI is InChI=1S/C13H15F3N2O/c1-8(18)5-10-3-4-12(19-9(2)7-17)11(6-10)13(14,15)16/h3-4,6,8-9H,5,18H2,1-2H3. The topological polar surface area (TPSA) is 59.0 Å². The third-order valence-electron chi connectivity index (χ3n) is 2.39. The van der Waals surface area contributed by atoms with E-state index in [0.29, 0.717) is 12.0 Å². The molecule has 0 saturated heterocycles. The van der Waals surface area contributed by atoms with Gasteiger partial charge in [-0.2, -0.15) is 18.4 Å². The van der Waals surface area contributed by atoms with E-state index in [1.54, 1.807) is 13.0 Å². The number of nitrogens with zero attached hydrogens (tertiary/aromatic N) is 1. The van der Waals surface area contributed by atoms with E-state index in [0.717, 1.165) is 6.07 Å². The summed E-state index contributed by atoms with van der Waals surface area (Å²) in [7, 11) is 0. The molecule has 0 amide bonds. The first-order chi connectivity index (χ1) is 8.74. The van der Waals surface area contributed by atoms with Crippen molar-refractivity contribution in [3.63, 3.8) is 0 Å². The highest BCUT2D eigenvalue weighted by molar-refractivity contribution is 5.40. The van der Waals surface area contributed by atoms with E-state index in [1.807, 2.05) is 0 Å². The fraction of sp³-hybridized carbons (Fsp3) is 0.462. The minimum Gasteiger partial charge on any atom is -0.475 e. The summed E-state index contributed by atoms with van der Waals surface area (Å²) < 4.78 is 43.7. The Morgan fingerprint density at radius 3 is 2.47 bits per heavy atom. The van der Waals surface area contributed by atoms with Gasteiger partial charge in [0.05, 0.1) is 5.56 Å². The maximum absolute atomic E-state index is 12.9. The van der Waals surface area contributed by atoms with Crippen LogP contribution in [0, 0.1) is 11.3 Å². The molecule has 0 bridgehead atoms. The van der Waals surface area contributed by atoms with E-state index >= 15 is 0 Å². The van der Waals surface area contributed by atoms with E-state index in [4.69, 9.17) is 15.7 Å². The number of halogens is 3. The van der Waals surface area contributed by atoms with Crippen molar-refractivity contribution in [1.82, 2.24) is 0 Å². The van der Waals surface area contributed by atoms with E-state index in [-0.39, 0.29) is 11.8 Å². The van der Waals surface area contributed by atoms with Crippen LogP contribution in [0.5, 0.6) is 5.75 Å². The first-order valence-corrected chi connectivity index (χ1v) is 5.76. The van der Waals surface area contributed by atoms with E-state index in [1.165, 1.54) is 19.1 Å². The van der Waals surface area contributed by atoms with Crippen molar-refractivity contribution in [3.8, 4) is 11.8 Å². The summed E-state index contributed by atoms with van der Waals surface area (Å²) in [4.78, 5) is 0. The molecule has 0 aliphatic heterocycles. The summed E-state index contributed by atoms with van der Waals surface area (Å²) in [6, 6.07) is 5.27. The van der Waals surface area contributed by atoms with Gasteiger partial charge < -0.3 is 10.5 Å². The van der Waals surface area contributed by atoms with Crippen LogP contribution in [0.3, 0.4) is 0 Å². The van der Waals surface area contributed by atoms with Crippen LogP contribution in [0.2, 0.25) is 0 Å². The zero-order valence-corrected chi connectivity index (χ0v) is 10.7. The van der Waals surface area contributed by atoms with Crippen LogP contribution in [0.1, 0.15) is 25.0 Å². The first-order valence-electron chi connectivity index (χ1n) is 5.76. The number of alkyl halides is 3. The molecule has 3 nitrogen and oxygen atoms in total. The number of nitriles is 1. The molecule has 2 N–H and O–H groups in total. The molecule has 0 radical (unpaired) electrons. The quantitative estimate of drug-likeness (QED) is 0.916. The van der Waals surface area contributed by atoms with Crippen molar-refractivity contribution >= 4 is 0 Å².